The fourth-order valence-electron chi connectivity index (χ4n) is 4.52. The Balaban J connectivity index is 1.60. The van der Waals surface area contributed by atoms with Gasteiger partial charge in [0.15, 0.2) is 6.10 Å². The average Bonchev–Trinajstić information content (AvgIpc) is 3.41. The molecular formula is C23H26F3N3O4. The number of carbonyl (C=O) groups excluding carboxylic acids is 1. The number of nitrogens with zero attached hydrogens (tertiary/aromatic N) is 1. The summed E-state index contributed by atoms with van der Waals surface area (Å²) >= 11 is 0. The van der Waals surface area contributed by atoms with Crippen molar-refractivity contribution in [1.29, 1.82) is 0 Å². The molecule has 4 N–H and O–H groups in total. The first kappa shape index (κ1) is 23.2. The topological polar surface area (TPSA) is 94.1 Å². The fraction of sp³-hybridized carbons (Fsp3) is 0.435. The SMILES string of the molecule is COc1c(NC(=O)N[C@@H]2Cc3ccccc3[C@@H]2O)cc(N2CCCC2)cc1C(O)C(F)(F)F. The van der Waals surface area contributed by atoms with Crippen molar-refractivity contribution in [1.82, 2.24) is 5.32 Å². The van der Waals surface area contributed by atoms with Gasteiger partial charge in [-0.15, -0.1) is 0 Å². The second kappa shape index (κ2) is 9.11. The van der Waals surface area contributed by atoms with Crippen LogP contribution in [0.5, 0.6) is 5.75 Å². The van der Waals surface area contributed by atoms with Gasteiger partial charge in [0.2, 0.25) is 0 Å². The molecule has 33 heavy (non-hydrogen) atoms. The minimum Gasteiger partial charge on any atom is -0.494 e. The number of benzene rings is 2. The van der Waals surface area contributed by atoms with Crippen molar-refractivity contribution in [3.05, 3.63) is 53.1 Å². The highest BCUT2D eigenvalue weighted by Gasteiger charge is 2.42. The van der Waals surface area contributed by atoms with Gasteiger partial charge < -0.3 is 30.5 Å². The first-order valence-electron chi connectivity index (χ1n) is 10.7. The molecule has 0 bridgehead atoms. The lowest BCUT2D eigenvalue weighted by molar-refractivity contribution is -0.207. The van der Waals surface area contributed by atoms with Crippen molar-refractivity contribution in [2.75, 3.05) is 30.4 Å². The second-order valence-electron chi connectivity index (χ2n) is 8.31. The smallest absolute Gasteiger partial charge is 0.418 e. The molecule has 0 aromatic heterocycles. The van der Waals surface area contributed by atoms with E-state index in [0.29, 0.717) is 25.2 Å². The number of halogens is 3. The number of urea groups is 1. The molecule has 2 aromatic rings. The standard InChI is InChI=1S/C23H26F3N3O4/c1-33-20-16(21(31)23(24,25)26)11-14(29-8-4-5-9-29)12-18(20)28-22(32)27-17-10-13-6-2-3-7-15(13)19(17)30/h2-3,6-7,11-12,17,19,21,30-31H,4-5,8-10H2,1H3,(H2,27,28,32)/t17-,19+,21?/m1/s1. The molecule has 2 aliphatic rings. The fourth-order valence-corrected chi connectivity index (χ4v) is 4.52. The number of aliphatic hydroxyl groups is 2. The zero-order valence-electron chi connectivity index (χ0n) is 18.0. The summed E-state index contributed by atoms with van der Waals surface area (Å²) in [4.78, 5) is 14.7. The van der Waals surface area contributed by atoms with Crippen LogP contribution < -0.4 is 20.3 Å². The summed E-state index contributed by atoms with van der Waals surface area (Å²) in [6.45, 7) is 1.32. The van der Waals surface area contributed by atoms with E-state index in [-0.39, 0.29) is 11.4 Å². The van der Waals surface area contributed by atoms with Gasteiger partial charge in [0.25, 0.3) is 0 Å². The van der Waals surface area contributed by atoms with E-state index in [1.54, 1.807) is 12.1 Å². The van der Waals surface area contributed by atoms with Crippen molar-refractivity contribution in [3.63, 3.8) is 0 Å². The van der Waals surface area contributed by atoms with Crippen molar-refractivity contribution in [2.24, 2.45) is 0 Å². The highest BCUT2D eigenvalue weighted by atomic mass is 19.4. The maximum Gasteiger partial charge on any atom is 0.418 e. The van der Waals surface area contributed by atoms with Crippen molar-refractivity contribution < 1.29 is 32.9 Å². The lowest BCUT2D eigenvalue weighted by atomic mass is 10.0. The minimum atomic E-state index is -4.91. The van der Waals surface area contributed by atoms with Crippen molar-refractivity contribution in [2.45, 2.75) is 43.7 Å². The number of fused-ring (bicyclic) bond motifs is 1. The molecule has 0 radical (unpaired) electrons. The van der Waals surface area contributed by atoms with Gasteiger partial charge in [0.1, 0.15) is 5.75 Å². The molecule has 1 unspecified atom stereocenters. The Morgan fingerprint density at radius 2 is 1.91 bits per heavy atom. The van der Waals surface area contributed by atoms with E-state index in [1.807, 2.05) is 17.0 Å². The summed E-state index contributed by atoms with van der Waals surface area (Å²) in [7, 11) is 1.18. The number of amides is 2. The molecule has 1 aliphatic carbocycles. The molecule has 7 nitrogen and oxygen atoms in total. The Bertz CT molecular complexity index is 1020. The van der Waals surface area contributed by atoms with Crippen molar-refractivity contribution in [3.8, 4) is 5.75 Å². The van der Waals surface area contributed by atoms with Gasteiger partial charge in [-0.1, -0.05) is 24.3 Å². The van der Waals surface area contributed by atoms with Gasteiger partial charge in [-0.3, -0.25) is 0 Å². The summed E-state index contributed by atoms with van der Waals surface area (Å²) in [5.74, 6) is -0.270. The quantitative estimate of drug-likeness (QED) is 0.541. The molecular weight excluding hydrogens is 439 g/mol. The van der Waals surface area contributed by atoms with Gasteiger partial charge in [0, 0.05) is 24.3 Å². The lowest BCUT2D eigenvalue weighted by Crippen LogP contribution is -2.40. The van der Waals surface area contributed by atoms with Gasteiger partial charge in [-0.25, -0.2) is 4.79 Å². The third kappa shape index (κ3) is 4.72. The maximum absolute atomic E-state index is 13.4. The van der Waals surface area contributed by atoms with Crippen LogP contribution in [0.3, 0.4) is 0 Å². The molecule has 2 amide bonds. The van der Waals surface area contributed by atoms with Crippen LogP contribution in [0.15, 0.2) is 36.4 Å². The molecule has 0 saturated carbocycles. The Morgan fingerprint density at radius 3 is 2.55 bits per heavy atom. The van der Waals surface area contributed by atoms with E-state index in [0.717, 1.165) is 24.0 Å². The number of hydrogen-bond donors (Lipinski definition) is 4. The normalized spacial score (nSPS) is 21.0. The first-order chi connectivity index (χ1) is 15.7. The molecule has 1 heterocycles. The average molecular weight is 465 g/mol. The Kier molecular flexibility index (Phi) is 6.40. The molecule has 4 rings (SSSR count). The van der Waals surface area contributed by atoms with Crippen LogP contribution in [0, 0.1) is 0 Å². The molecule has 2 aromatic carbocycles. The van der Waals surface area contributed by atoms with Crippen LogP contribution >= 0.6 is 0 Å². The van der Waals surface area contributed by atoms with E-state index >= 15 is 0 Å². The Labute approximate surface area is 189 Å². The molecule has 1 aliphatic heterocycles. The van der Waals surface area contributed by atoms with E-state index in [4.69, 9.17) is 4.74 Å². The number of nitrogens with one attached hydrogen (secondary N) is 2. The zero-order chi connectivity index (χ0) is 23.8. The molecule has 1 fully saturated rings. The lowest BCUT2D eigenvalue weighted by Gasteiger charge is -2.25. The summed E-state index contributed by atoms with van der Waals surface area (Å²) in [5, 5.41) is 25.7. The van der Waals surface area contributed by atoms with Crippen LogP contribution in [0.1, 0.15) is 41.7 Å². The third-order valence-electron chi connectivity index (χ3n) is 6.14. The maximum atomic E-state index is 13.4. The molecule has 10 heteroatoms. The van der Waals surface area contributed by atoms with Crippen LogP contribution in [0.4, 0.5) is 29.3 Å². The minimum absolute atomic E-state index is 0.00250. The summed E-state index contributed by atoms with van der Waals surface area (Å²) in [5.41, 5.74) is 1.63. The Hall–Kier alpha value is -2.98. The molecule has 1 saturated heterocycles. The summed E-state index contributed by atoms with van der Waals surface area (Å²) in [6.07, 6.45) is -6.36. The molecule has 0 spiro atoms. The predicted molar refractivity (Wildman–Crippen MR) is 117 cm³/mol. The van der Waals surface area contributed by atoms with E-state index in [2.05, 4.69) is 10.6 Å². The number of anilines is 2. The van der Waals surface area contributed by atoms with Gasteiger partial charge >= 0.3 is 12.2 Å². The molecule has 3 atom stereocenters. The molecule has 178 valence electrons. The van der Waals surface area contributed by atoms with E-state index in [1.165, 1.54) is 19.2 Å². The second-order valence-corrected chi connectivity index (χ2v) is 8.31. The van der Waals surface area contributed by atoms with Crippen LogP contribution in [-0.2, 0) is 6.42 Å². The summed E-state index contributed by atoms with van der Waals surface area (Å²) < 4.78 is 45.2. The van der Waals surface area contributed by atoms with Crippen LogP contribution in [0.2, 0.25) is 0 Å². The van der Waals surface area contributed by atoms with Crippen molar-refractivity contribution >= 4 is 17.4 Å². The monoisotopic (exact) mass is 465 g/mol. The van der Waals surface area contributed by atoms with E-state index < -0.39 is 36.0 Å². The van der Waals surface area contributed by atoms with Crippen LogP contribution in [0.25, 0.3) is 0 Å². The highest BCUT2D eigenvalue weighted by molar-refractivity contribution is 5.92. The predicted octanol–water partition coefficient (Wildman–Crippen LogP) is 3.67. The Morgan fingerprint density at radius 1 is 1.21 bits per heavy atom. The van der Waals surface area contributed by atoms with Gasteiger partial charge in [0.05, 0.1) is 24.9 Å². The highest BCUT2D eigenvalue weighted by Crippen LogP contribution is 2.43. The zero-order valence-corrected chi connectivity index (χ0v) is 18.0. The number of rotatable bonds is 5. The number of aliphatic hydroxyl groups excluding tert-OH is 2. The van der Waals surface area contributed by atoms with E-state index in [9.17, 15) is 28.2 Å². The van der Waals surface area contributed by atoms with Gasteiger partial charge in [-0.05, 0) is 42.5 Å². The number of hydrogen-bond acceptors (Lipinski definition) is 5. The summed E-state index contributed by atoms with van der Waals surface area (Å²) in [6, 6.07) is 8.80. The van der Waals surface area contributed by atoms with Gasteiger partial charge in [-0.2, -0.15) is 13.2 Å². The van der Waals surface area contributed by atoms with Crippen LogP contribution in [-0.4, -0.2) is 48.7 Å². The number of alkyl halides is 3. The third-order valence-corrected chi connectivity index (χ3v) is 6.14. The number of ether oxygens (including phenoxy) is 1. The largest absolute Gasteiger partial charge is 0.494 e. The number of carbonyl (C=O) groups is 1. The first-order valence-corrected chi connectivity index (χ1v) is 10.7. The number of methoxy groups -OCH3 is 1.